The molecule has 206 valence electrons. The Morgan fingerprint density at radius 2 is 1.55 bits per heavy atom. The summed E-state index contributed by atoms with van der Waals surface area (Å²) in [5, 5.41) is 2.91. The second-order valence-electron chi connectivity index (χ2n) is 9.14. The van der Waals surface area contributed by atoms with Crippen molar-refractivity contribution in [3.63, 3.8) is 0 Å². The van der Waals surface area contributed by atoms with E-state index in [9.17, 15) is 22.8 Å². The standard InChI is InChI=1S/C31H28F3N3O3/c1-20(21-13-15-22(16-14-21)31(32,33)34)40-30(39)28(35)26-11-4-2-9-24(26)25-10-3-5-12-27(25)29(38)37-19-17-23-8-6-7-18-36-23/h2-16,18,20,28H,17,19,35H2,1H3,(H,37,38)/t20?,28-/m1/s1. The third-order valence-electron chi connectivity index (χ3n) is 6.40. The van der Waals surface area contributed by atoms with Crippen LogP contribution in [0.3, 0.4) is 0 Å². The molecule has 0 fully saturated rings. The third kappa shape index (κ3) is 6.92. The normalized spacial score (nSPS) is 12.8. The Morgan fingerprint density at radius 1 is 0.900 bits per heavy atom. The van der Waals surface area contributed by atoms with Crippen molar-refractivity contribution >= 4 is 11.9 Å². The van der Waals surface area contributed by atoms with Crippen molar-refractivity contribution in [2.75, 3.05) is 6.54 Å². The number of benzene rings is 3. The summed E-state index contributed by atoms with van der Waals surface area (Å²) in [6, 6.07) is 22.7. The summed E-state index contributed by atoms with van der Waals surface area (Å²) in [7, 11) is 0. The van der Waals surface area contributed by atoms with Gasteiger partial charge in [0.05, 0.1) is 5.56 Å². The highest BCUT2D eigenvalue weighted by atomic mass is 19.4. The van der Waals surface area contributed by atoms with Crippen LogP contribution < -0.4 is 11.1 Å². The molecule has 4 rings (SSSR count). The smallest absolute Gasteiger partial charge is 0.416 e. The fourth-order valence-electron chi connectivity index (χ4n) is 4.26. The zero-order chi connectivity index (χ0) is 28.7. The van der Waals surface area contributed by atoms with Crippen LogP contribution in [0.15, 0.2) is 97.2 Å². The highest BCUT2D eigenvalue weighted by Crippen LogP contribution is 2.33. The van der Waals surface area contributed by atoms with E-state index in [1.165, 1.54) is 12.1 Å². The van der Waals surface area contributed by atoms with Gasteiger partial charge in [-0.15, -0.1) is 0 Å². The van der Waals surface area contributed by atoms with Gasteiger partial charge in [-0.3, -0.25) is 9.78 Å². The summed E-state index contributed by atoms with van der Waals surface area (Å²) >= 11 is 0. The molecule has 0 radical (unpaired) electrons. The van der Waals surface area contributed by atoms with Crippen LogP contribution in [0.2, 0.25) is 0 Å². The van der Waals surface area contributed by atoms with Gasteiger partial charge < -0.3 is 15.8 Å². The average Bonchev–Trinajstić information content (AvgIpc) is 2.97. The van der Waals surface area contributed by atoms with Gasteiger partial charge in [0.15, 0.2) is 0 Å². The van der Waals surface area contributed by atoms with Crippen LogP contribution in [-0.4, -0.2) is 23.4 Å². The van der Waals surface area contributed by atoms with Crippen molar-refractivity contribution in [3.05, 3.63) is 125 Å². The van der Waals surface area contributed by atoms with E-state index in [0.717, 1.165) is 17.8 Å². The van der Waals surface area contributed by atoms with Crippen molar-refractivity contribution < 1.29 is 27.5 Å². The summed E-state index contributed by atoms with van der Waals surface area (Å²) in [6.07, 6.45) is -3.03. The zero-order valence-corrected chi connectivity index (χ0v) is 21.7. The topological polar surface area (TPSA) is 94.3 Å². The molecule has 0 aliphatic carbocycles. The van der Waals surface area contributed by atoms with Gasteiger partial charge in [-0.2, -0.15) is 13.2 Å². The number of nitrogens with zero attached hydrogens (tertiary/aromatic N) is 1. The molecule has 0 spiro atoms. The molecule has 1 heterocycles. The van der Waals surface area contributed by atoms with E-state index < -0.39 is 29.9 Å². The molecule has 1 amide bonds. The number of nitrogens with one attached hydrogen (secondary N) is 1. The first-order valence-electron chi connectivity index (χ1n) is 12.6. The number of aromatic nitrogens is 1. The number of carbonyl (C=O) groups excluding carboxylic acids is 2. The van der Waals surface area contributed by atoms with Gasteiger partial charge in [-0.05, 0) is 59.5 Å². The van der Waals surface area contributed by atoms with Gasteiger partial charge in [0.2, 0.25) is 0 Å². The van der Waals surface area contributed by atoms with Crippen LogP contribution >= 0.6 is 0 Å². The van der Waals surface area contributed by atoms with Gasteiger partial charge in [-0.1, -0.05) is 60.7 Å². The first-order chi connectivity index (χ1) is 19.1. The summed E-state index contributed by atoms with van der Waals surface area (Å²) in [5.74, 6) is -1.04. The Morgan fingerprint density at radius 3 is 2.23 bits per heavy atom. The number of hydrogen-bond acceptors (Lipinski definition) is 5. The predicted molar refractivity (Wildman–Crippen MR) is 145 cm³/mol. The second kappa shape index (κ2) is 12.6. The number of hydrogen-bond donors (Lipinski definition) is 2. The molecule has 2 atom stereocenters. The van der Waals surface area contributed by atoms with E-state index in [2.05, 4.69) is 10.3 Å². The average molecular weight is 548 g/mol. The first kappa shape index (κ1) is 28.5. The van der Waals surface area contributed by atoms with E-state index in [-0.39, 0.29) is 5.91 Å². The molecule has 3 aromatic carbocycles. The SMILES string of the molecule is CC(OC(=O)[C@H](N)c1ccccc1-c1ccccc1C(=O)NCCc1ccccn1)c1ccc(C(F)(F)F)cc1. The van der Waals surface area contributed by atoms with Crippen LogP contribution in [0.1, 0.15) is 51.8 Å². The lowest BCUT2D eigenvalue weighted by Crippen LogP contribution is -2.27. The van der Waals surface area contributed by atoms with Gasteiger partial charge in [0.1, 0.15) is 12.1 Å². The Balaban J connectivity index is 1.50. The van der Waals surface area contributed by atoms with E-state index in [4.69, 9.17) is 10.5 Å². The van der Waals surface area contributed by atoms with Crippen LogP contribution in [0.25, 0.3) is 11.1 Å². The fourth-order valence-corrected chi connectivity index (χ4v) is 4.26. The van der Waals surface area contributed by atoms with E-state index >= 15 is 0 Å². The molecule has 40 heavy (non-hydrogen) atoms. The molecule has 0 aliphatic rings. The summed E-state index contributed by atoms with van der Waals surface area (Å²) < 4.78 is 44.2. The van der Waals surface area contributed by atoms with Crippen molar-refractivity contribution in [1.29, 1.82) is 0 Å². The first-order valence-corrected chi connectivity index (χ1v) is 12.6. The molecule has 0 aliphatic heterocycles. The Labute approximate surface area is 230 Å². The second-order valence-corrected chi connectivity index (χ2v) is 9.14. The number of esters is 1. The van der Waals surface area contributed by atoms with E-state index in [1.54, 1.807) is 61.7 Å². The van der Waals surface area contributed by atoms with Gasteiger partial charge in [-0.25, -0.2) is 4.79 Å². The lowest BCUT2D eigenvalue weighted by molar-refractivity contribution is -0.150. The number of carbonyl (C=O) groups is 2. The summed E-state index contributed by atoms with van der Waals surface area (Å²) in [5.41, 5.74) is 8.82. The highest BCUT2D eigenvalue weighted by Gasteiger charge is 2.30. The molecule has 0 saturated heterocycles. The molecule has 3 N–H and O–H groups in total. The molecule has 6 nitrogen and oxygen atoms in total. The van der Waals surface area contributed by atoms with Crippen LogP contribution in [0.5, 0.6) is 0 Å². The van der Waals surface area contributed by atoms with E-state index in [0.29, 0.717) is 40.8 Å². The van der Waals surface area contributed by atoms with Crippen molar-refractivity contribution in [2.24, 2.45) is 5.73 Å². The molecule has 0 saturated carbocycles. The Hall–Kier alpha value is -4.50. The molecular weight excluding hydrogens is 519 g/mol. The monoisotopic (exact) mass is 547 g/mol. The Bertz CT molecular complexity index is 1460. The highest BCUT2D eigenvalue weighted by molar-refractivity contribution is 6.01. The van der Waals surface area contributed by atoms with Gasteiger partial charge >= 0.3 is 12.1 Å². The van der Waals surface area contributed by atoms with Crippen molar-refractivity contribution in [2.45, 2.75) is 31.7 Å². The van der Waals surface area contributed by atoms with Gasteiger partial charge in [0, 0.05) is 30.4 Å². The predicted octanol–water partition coefficient (Wildman–Crippen LogP) is 6.04. The van der Waals surface area contributed by atoms with Crippen LogP contribution in [0.4, 0.5) is 13.2 Å². The number of nitrogens with two attached hydrogens (primary N) is 1. The molecule has 1 aromatic heterocycles. The minimum absolute atomic E-state index is 0.284. The van der Waals surface area contributed by atoms with Crippen LogP contribution in [-0.2, 0) is 22.1 Å². The van der Waals surface area contributed by atoms with E-state index in [1.807, 2.05) is 18.2 Å². The number of pyridine rings is 1. The van der Waals surface area contributed by atoms with Crippen molar-refractivity contribution in [1.82, 2.24) is 10.3 Å². The summed E-state index contributed by atoms with van der Waals surface area (Å²) in [4.78, 5) is 30.4. The number of halogens is 3. The number of ether oxygens (including phenoxy) is 1. The number of alkyl halides is 3. The molecule has 1 unspecified atom stereocenters. The maximum Gasteiger partial charge on any atom is 0.416 e. The fraction of sp³-hybridized carbons (Fsp3) is 0.194. The minimum atomic E-state index is -4.46. The third-order valence-corrected chi connectivity index (χ3v) is 6.40. The largest absolute Gasteiger partial charge is 0.456 e. The number of rotatable bonds is 9. The minimum Gasteiger partial charge on any atom is -0.456 e. The van der Waals surface area contributed by atoms with Crippen molar-refractivity contribution in [3.8, 4) is 11.1 Å². The molecular formula is C31H28F3N3O3. The maximum atomic E-state index is 13.1. The molecule has 4 aromatic rings. The quantitative estimate of drug-likeness (QED) is 0.249. The van der Waals surface area contributed by atoms with Gasteiger partial charge in [0.25, 0.3) is 5.91 Å². The lowest BCUT2D eigenvalue weighted by atomic mass is 9.92. The molecule has 9 heteroatoms. The Kier molecular flexibility index (Phi) is 8.96. The number of amides is 1. The molecule has 0 bridgehead atoms. The summed E-state index contributed by atoms with van der Waals surface area (Å²) in [6.45, 7) is 1.95. The lowest BCUT2D eigenvalue weighted by Gasteiger charge is -2.20. The van der Waals surface area contributed by atoms with Crippen LogP contribution in [0, 0.1) is 0 Å². The zero-order valence-electron chi connectivity index (χ0n) is 21.7. The maximum absolute atomic E-state index is 13.1.